The molecule has 1 N–H and O–H groups in total. The van der Waals surface area contributed by atoms with E-state index >= 15 is 0 Å². The van der Waals surface area contributed by atoms with Gasteiger partial charge in [-0.3, -0.25) is 9.59 Å². The van der Waals surface area contributed by atoms with Crippen molar-refractivity contribution in [2.45, 2.75) is 71.1 Å². The fourth-order valence-corrected chi connectivity index (χ4v) is 4.59. The van der Waals surface area contributed by atoms with E-state index in [9.17, 15) is 31.5 Å². The van der Waals surface area contributed by atoms with Gasteiger partial charge < -0.3 is 10.1 Å². The maximum absolute atomic E-state index is 13.7. The Hall–Kier alpha value is -2.42. The van der Waals surface area contributed by atoms with Gasteiger partial charge in [0.15, 0.2) is 0 Å². The van der Waals surface area contributed by atoms with Crippen LogP contribution in [0.5, 0.6) is 0 Å². The highest BCUT2D eigenvalue weighted by molar-refractivity contribution is 6.33. The molecule has 0 heterocycles. The molecule has 1 fully saturated rings. The van der Waals surface area contributed by atoms with Crippen LogP contribution in [0.15, 0.2) is 42.0 Å². The average Bonchev–Trinajstić information content (AvgIpc) is 3.41. The maximum atomic E-state index is 13.7. The van der Waals surface area contributed by atoms with Crippen LogP contribution in [0.4, 0.5) is 27.6 Å². The normalized spacial score (nSPS) is 22.6. The maximum Gasteiger partial charge on any atom is 0.392 e. The molecular formula is C27H31ClF5NO3. The van der Waals surface area contributed by atoms with Gasteiger partial charge in [0.1, 0.15) is 5.60 Å². The van der Waals surface area contributed by atoms with Crippen molar-refractivity contribution < 1.29 is 36.3 Å². The Bertz CT molecular complexity index is 1090. The topological polar surface area (TPSA) is 55.4 Å². The predicted molar refractivity (Wildman–Crippen MR) is 131 cm³/mol. The lowest BCUT2D eigenvalue weighted by molar-refractivity contribution is -0.188. The Morgan fingerprint density at radius 1 is 1.22 bits per heavy atom. The van der Waals surface area contributed by atoms with Gasteiger partial charge in [0.2, 0.25) is 5.91 Å². The molecule has 1 aromatic carbocycles. The van der Waals surface area contributed by atoms with E-state index in [0.717, 1.165) is 6.92 Å². The number of nitrogens with one attached hydrogen (secondary N) is 1. The number of hydrogen-bond donors (Lipinski definition) is 1. The largest absolute Gasteiger partial charge is 0.460 e. The first-order valence-corrected chi connectivity index (χ1v) is 12.5. The lowest BCUT2D eigenvalue weighted by Crippen LogP contribution is -2.40. The number of hydrogen-bond acceptors (Lipinski definition) is 3. The molecule has 0 aromatic heterocycles. The molecule has 0 bridgehead atoms. The van der Waals surface area contributed by atoms with Crippen LogP contribution in [-0.4, -0.2) is 29.6 Å². The van der Waals surface area contributed by atoms with Crippen LogP contribution >= 0.6 is 11.6 Å². The molecule has 0 radical (unpaired) electrons. The highest BCUT2D eigenvalue weighted by Gasteiger charge is 2.58. The summed E-state index contributed by atoms with van der Waals surface area (Å²) >= 11 is 6.21. The number of amides is 1. The molecule has 204 valence electrons. The molecule has 0 aliphatic heterocycles. The fraction of sp³-hybridized carbons (Fsp3) is 0.556. The van der Waals surface area contributed by atoms with E-state index in [2.05, 4.69) is 5.32 Å². The monoisotopic (exact) mass is 547 g/mol. The lowest BCUT2D eigenvalue weighted by atomic mass is 9.77. The molecule has 1 aromatic rings. The molecule has 1 amide bonds. The summed E-state index contributed by atoms with van der Waals surface area (Å²) in [4.78, 5) is 25.2. The third-order valence-corrected chi connectivity index (χ3v) is 6.86. The predicted octanol–water partition coefficient (Wildman–Crippen LogP) is 7.53. The number of halogens is 6. The van der Waals surface area contributed by atoms with Gasteiger partial charge in [-0.15, -0.1) is 0 Å². The van der Waals surface area contributed by atoms with Crippen molar-refractivity contribution in [2.24, 2.45) is 23.7 Å². The molecule has 0 spiro atoms. The third kappa shape index (κ3) is 7.79. The number of carbonyl (C=O) groups excluding carboxylic acids is 2. The summed E-state index contributed by atoms with van der Waals surface area (Å²) in [5.74, 6) is -9.32. The fourth-order valence-electron chi connectivity index (χ4n) is 4.43. The van der Waals surface area contributed by atoms with E-state index in [1.165, 1.54) is 30.4 Å². The Kier molecular flexibility index (Phi) is 8.47. The minimum atomic E-state index is -4.65. The molecule has 10 heteroatoms. The first kappa shape index (κ1) is 29.1. The van der Waals surface area contributed by atoms with Crippen LogP contribution in [0.25, 0.3) is 0 Å². The second-order valence-corrected chi connectivity index (χ2v) is 11.1. The summed E-state index contributed by atoms with van der Waals surface area (Å²) in [6.45, 7) is 6.18. The van der Waals surface area contributed by atoms with Crippen molar-refractivity contribution in [1.29, 1.82) is 0 Å². The zero-order chi connectivity index (χ0) is 27.8. The van der Waals surface area contributed by atoms with Gasteiger partial charge in [0.05, 0.1) is 28.5 Å². The second-order valence-electron chi connectivity index (χ2n) is 10.7. The SMILES string of the molecule is C[C@H]([C@H](C(=O)Nc1cc(CCC(=O)OC(C)(C)C)ccc1Cl)C1C=CC(C2CC2(F)F)=CC1)C(F)(F)F. The summed E-state index contributed by atoms with van der Waals surface area (Å²) in [6, 6.07) is 4.67. The minimum Gasteiger partial charge on any atom is -0.460 e. The van der Waals surface area contributed by atoms with Crippen LogP contribution in [0.1, 0.15) is 52.5 Å². The number of anilines is 1. The van der Waals surface area contributed by atoms with Gasteiger partial charge in [-0.2, -0.15) is 13.2 Å². The van der Waals surface area contributed by atoms with Gasteiger partial charge in [0, 0.05) is 12.8 Å². The Balaban J connectivity index is 1.74. The summed E-state index contributed by atoms with van der Waals surface area (Å²) in [5.41, 5.74) is 0.521. The van der Waals surface area contributed by atoms with Crippen LogP contribution in [-0.2, 0) is 20.7 Å². The van der Waals surface area contributed by atoms with Gasteiger partial charge >= 0.3 is 12.1 Å². The molecule has 3 rings (SSSR count). The quantitative estimate of drug-likeness (QED) is 0.270. The van der Waals surface area contributed by atoms with Crippen LogP contribution in [0.3, 0.4) is 0 Å². The number of carbonyl (C=O) groups is 2. The molecule has 1 saturated carbocycles. The number of esters is 1. The number of alkyl halides is 5. The third-order valence-electron chi connectivity index (χ3n) is 6.54. The Morgan fingerprint density at radius 2 is 1.86 bits per heavy atom. The molecule has 2 aliphatic carbocycles. The van der Waals surface area contributed by atoms with E-state index in [-0.39, 0.29) is 36.4 Å². The highest BCUT2D eigenvalue weighted by atomic mass is 35.5. The van der Waals surface area contributed by atoms with E-state index in [0.29, 0.717) is 11.1 Å². The number of ether oxygens (including phenoxy) is 1. The van der Waals surface area contributed by atoms with Crippen LogP contribution in [0.2, 0.25) is 5.02 Å². The molecule has 2 unspecified atom stereocenters. The summed E-state index contributed by atoms with van der Waals surface area (Å²) in [6.07, 6.45) is -0.196. The minimum absolute atomic E-state index is 0.0422. The van der Waals surface area contributed by atoms with E-state index in [1.54, 1.807) is 26.8 Å². The van der Waals surface area contributed by atoms with Crippen molar-refractivity contribution in [3.05, 3.63) is 52.6 Å². The van der Waals surface area contributed by atoms with Crippen molar-refractivity contribution >= 4 is 29.2 Å². The number of rotatable bonds is 8. The summed E-state index contributed by atoms with van der Waals surface area (Å²) in [7, 11) is 0. The zero-order valence-electron chi connectivity index (χ0n) is 21.1. The lowest BCUT2D eigenvalue weighted by Gasteiger charge is -2.31. The van der Waals surface area contributed by atoms with E-state index in [1.807, 2.05) is 0 Å². The van der Waals surface area contributed by atoms with Crippen LogP contribution < -0.4 is 5.32 Å². The number of allylic oxidation sites excluding steroid dienone is 4. The summed E-state index contributed by atoms with van der Waals surface area (Å²) in [5, 5.41) is 2.65. The van der Waals surface area contributed by atoms with Gasteiger partial charge in [-0.1, -0.05) is 42.8 Å². The molecule has 4 nitrogen and oxygen atoms in total. The first-order valence-electron chi connectivity index (χ1n) is 12.1. The standard InChI is InChI=1S/C27H31ClF5NO3/c1-15(27(31,32)33)23(18-9-7-17(8-10-18)19-14-26(19,29)30)24(36)34-21-13-16(5-11-20(21)28)6-12-22(35)37-25(2,3)4/h5,7-9,11,13,15,18-19,23H,6,10,12,14H2,1-4H3,(H,34,36)/t15-,18?,19?,23+/m1/s1. The van der Waals surface area contributed by atoms with Crippen molar-refractivity contribution in [3.63, 3.8) is 0 Å². The second kappa shape index (κ2) is 10.8. The van der Waals surface area contributed by atoms with Crippen molar-refractivity contribution in [2.75, 3.05) is 5.32 Å². The smallest absolute Gasteiger partial charge is 0.392 e. The molecular weight excluding hydrogens is 517 g/mol. The van der Waals surface area contributed by atoms with Crippen LogP contribution in [0, 0.1) is 23.7 Å². The molecule has 37 heavy (non-hydrogen) atoms. The molecule has 2 aliphatic rings. The van der Waals surface area contributed by atoms with E-state index < -0.39 is 53.2 Å². The first-order chi connectivity index (χ1) is 17.0. The molecule has 4 atom stereocenters. The number of aryl methyl sites for hydroxylation is 1. The van der Waals surface area contributed by atoms with Gasteiger partial charge in [-0.25, -0.2) is 8.78 Å². The van der Waals surface area contributed by atoms with Gasteiger partial charge in [-0.05, 0) is 62.8 Å². The van der Waals surface area contributed by atoms with Crippen molar-refractivity contribution in [1.82, 2.24) is 0 Å². The zero-order valence-corrected chi connectivity index (χ0v) is 21.9. The highest BCUT2D eigenvalue weighted by Crippen LogP contribution is 2.54. The Morgan fingerprint density at radius 3 is 2.38 bits per heavy atom. The number of benzene rings is 1. The van der Waals surface area contributed by atoms with Gasteiger partial charge in [0.25, 0.3) is 5.92 Å². The molecule has 0 saturated heterocycles. The van der Waals surface area contributed by atoms with E-state index in [4.69, 9.17) is 16.3 Å². The Labute approximate surface area is 218 Å². The van der Waals surface area contributed by atoms with Crippen molar-refractivity contribution in [3.8, 4) is 0 Å². The summed E-state index contributed by atoms with van der Waals surface area (Å²) < 4.78 is 73.2. The average molecular weight is 548 g/mol.